The summed E-state index contributed by atoms with van der Waals surface area (Å²) < 4.78 is 26.6. The molecular weight excluding hydrogens is 282 g/mol. The molecule has 0 saturated heterocycles. The predicted molar refractivity (Wildman–Crippen MR) is 74.1 cm³/mol. The van der Waals surface area contributed by atoms with E-state index in [1.165, 1.54) is 24.3 Å². The quantitative estimate of drug-likeness (QED) is 0.699. The molecule has 0 radical (unpaired) electrons. The van der Waals surface area contributed by atoms with Crippen molar-refractivity contribution in [1.29, 1.82) is 0 Å². The number of rotatable bonds is 7. The van der Waals surface area contributed by atoms with Crippen LogP contribution < -0.4 is 4.72 Å². The van der Waals surface area contributed by atoms with E-state index in [0.717, 1.165) is 0 Å². The average Bonchev–Trinajstić information content (AvgIpc) is 2.37. The molecule has 0 saturated carbocycles. The van der Waals surface area contributed by atoms with Gasteiger partial charge in [-0.15, -0.1) is 0 Å². The Morgan fingerprint density at radius 2 is 1.80 bits per heavy atom. The number of benzene rings is 1. The maximum Gasteiger partial charge on any atom is 0.335 e. The molecule has 0 spiro atoms. The number of aliphatic hydroxyl groups is 1. The van der Waals surface area contributed by atoms with E-state index < -0.39 is 22.0 Å². The Morgan fingerprint density at radius 3 is 2.20 bits per heavy atom. The number of carboxylic acid groups (broad SMARTS) is 1. The third-order valence-corrected chi connectivity index (χ3v) is 4.25. The lowest BCUT2D eigenvalue weighted by Crippen LogP contribution is -2.38. The Balaban J connectivity index is 2.90. The van der Waals surface area contributed by atoms with E-state index in [9.17, 15) is 18.3 Å². The molecule has 1 atom stereocenters. The normalized spacial score (nSPS) is 13.4. The molecule has 0 aliphatic rings. The van der Waals surface area contributed by atoms with Gasteiger partial charge in [-0.1, -0.05) is 13.8 Å². The molecule has 0 aromatic heterocycles. The van der Waals surface area contributed by atoms with E-state index in [0.29, 0.717) is 6.42 Å². The van der Waals surface area contributed by atoms with Gasteiger partial charge in [0.25, 0.3) is 0 Å². The number of aliphatic hydroxyl groups excluding tert-OH is 1. The molecule has 1 aromatic carbocycles. The summed E-state index contributed by atoms with van der Waals surface area (Å²) in [4.78, 5) is 10.7. The number of carbonyl (C=O) groups is 1. The molecule has 0 amide bonds. The molecule has 0 aliphatic carbocycles. The van der Waals surface area contributed by atoms with E-state index in [1.54, 1.807) is 0 Å². The van der Waals surface area contributed by atoms with Crippen molar-refractivity contribution in [1.82, 2.24) is 4.72 Å². The molecule has 0 fully saturated rings. The van der Waals surface area contributed by atoms with Gasteiger partial charge in [-0.2, -0.15) is 0 Å². The van der Waals surface area contributed by atoms with Gasteiger partial charge in [0.1, 0.15) is 0 Å². The zero-order chi connectivity index (χ0) is 15.3. The maximum atomic E-state index is 12.1. The Morgan fingerprint density at radius 1 is 1.25 bits per heavy atom. The van der Waals surface area contributed by atoms with Gasteiger partial charge in [0.2, 0.25) is 10.0 Å². The minimum absolute atomic E-state index is 0.0184. The van der Waals surface area contributed by atoms with Crippen LogP contribution in [0.2, 0.25) is 0 Å². The van der Waals surface area contributed by atoms with E-state index in [1.807, 2.05) is 13.8 Å². The number of nitrogens with one attached hydrogen (secondary N) is 1. The first kappa shape index (κ1) is 16.6. The second-order valence-corrected chi connectivity index (χ2v) is 6.67. The first-order valence-electron chi connectivity index (χ1n) is 6.23. The third-order valence-electron chi connectivity index (χ3n) is 2.71. The largest absolute Gasteiger partial charge is 0.478 e. The van der Waals surface area contributed by atoms with Crippen LogP contribution in [0.4, 0.5) is 0 Å². The minimum Gasteiger partial charge on any atom is -0.478 e. The highest BCUT2D eigenvalue weighted by Gasteiger charge is 2.20. The topological polar surface area (TPSA) is 104 Å². The smallest absolute Gasteiger partial charge is 0.335 e. The van der Waals surface area contributed by atoms with Crippen molar-refractivity contribution >= 4 is 16.0 Å². The number of hydrogen-bond donors (Lipinski definition) is 3. The second-order valence-electron chi connectivity index (χ2n) is 4.96. The SMILES string of the molecule is CC(C)CC(CO)NS(=O)(=O)c1ccc(C(=O)O)cc1. The van der Waals surface area contributed by atoms with Gasteiger partial charge in [0.15, 0.2) is 0 Å². The minimum atomic E-state index is -3.76. The molecular formula is C13H19NO5S. The van der Waals surface area contributed by atoms with Crippen molar-refractivity contribution in [3.63, 3.8) is 0 Å². The zero-order valence-corrected chi connectivity index (χ0v) is 12.2. The molecule has 6 nitrogen and oxygen atoms in total. The Kier molecular flexibility index (Phi) is 5.67. The van der Waals surface area contributed by atoms with Gasteiger partial charge in [-0.05, 0) is 36.6 Å². The fourth-order valence-electron chi connectivity index (χ4n) is 1.79. The van der Waals surface area contributed by atoms with Crippen LogP contribution in [0.3, 0.4) is 0 Å². The summed E-state index contributed by atoms with van der Waals surface area (Å²) in [7, 11) is -3.76. The molecule has 3 N–H and O–H groups in total. The van der Waals surface area contributed by atoms with Crippen LogP contribution in [0.5, 0.6) is 0 Å². The Hall–Kier alpha value is -1.44. The third kappa shape index (κ3) is 4.59. The Bertz CT molecular complexity index is 551. The summed E-state index contributed by atoms with van der Waals surface area (Å²) in [5.74, 6) is -0.876. The first-order valence-corrected chi connectivity index (χ1v) is 7.71. The summed E-state index contributed by atoms with van der Waals surface area (Å²) in [6, 6.07) is 4.37. The lowest BCUT2D eigenvalue weighted by atomic mass is 10.1. The van der Waals surface area contributed by atoms with E-state index in [2.05, 4.69) is 4.72 Å². The van der Waals surface area contributed by atoms with Crippen molar-refractivity contribution in [2.24, 2.45) is 5.92 Å². The second kappa shape index (κ2) is 6.83. The van der Waals surface area contributed by atoms with Gasteiger partial charge >= 0.3 is 5.97 Å². The van der Waals surface area contributed by atoms with Crippen molar-refractivity contribution in [3.8, 4) is 0 Å². The van der Waals surface area contributed by atoms with Crippen LogP contribution >= 0.6 is 0 Å². The highest BCUT2D eigenvalue weighted by molar-refractivity contribution is 7.89. The van der Waals surface area contributed by atoms with Crippen molar-refractivity contribution < 1.29 is 23.4 Å². The molecule has 1 unspecified atom stereocenters. The van der Waals surface area contributed by atoms with Crippen LogP contribution in [-0.2, 0) is 10.0 Å². The van der Waals surface area contributed by atoms with Crippen molar-refractivity contribution in [3.05, 3.63) is 29.8 Å². The fourth-order valence-corrected chi connectivity index (χ4v) is 3.03. The van der Waals surface area contributed by atoms with Crippen LogP contribution in [0.25, 0.3) is 0 Å². The number of carboxylic acids is 1. The van der Waals surface area contributed by atoms with Gasteiger partial charge in [0, 0.05) is 6.04 Å². The summed E-state index contributed by atoms with van der Waals surface area (Å²) in [6.07, 6.45) is 0.517. The van der Waals surface area contributed by atoms with Crippen molar-refractivity contribution in [2.45, 2.75) is 31.2 Å². The van der Waals surface area contributed by atoms with Crippen LogP contribution in [0, 0.1) is 5.92 Å². The van der Waals surface area contributed by atoms with Gasteiger partial charge in [-0.25, -0.2) is 17.9 Å². The molecule has 0 aliphatic heterocycles. The van der Waals surface area contributed by atoms with Gasteiger partial charge in [-0.3, -0.25) is 0 Å². The summed E-state index contributed by atoms with van der Waals surface area (Å²) in [5, 5.41) is 18.0. The van der Waals surface area contributed by atoms with Crippen LogP contribution in [-0.4, -0.2) is 37.2 Å². The van der Waals surface area contributed by atoms with E-state index >= 15 is 0 Å². The lowest BCUT2D eigenvalue weighted by Gasteiger charge is -2.18. The summed E-state index contributed by atoms with van der Waals surface area (Å²) in [6.45, 7) is 3.57. The molecule has 112 valence electrons. The van der Waals surface area contributed by atoms with Gasteiger partial charge < -0.3 is 10.2 Å². The molecule has 0 bridgehead atoms. The summed E-state index contributed by atoms with van der Waals surface area (Å²) >= 11 is 0. The van der Waals surface area contributed by atoms with Gasteiger partial charge in [0.05, 0.1) is 17.1 Å². The molecule has 0 heterocycles. The molecule has 7 heteroatoms. The van der Waals surface area contributed by atoms with Crippen molar-refractivity contribution in [2.75, 3.05) is 6.61 Å². The molecule has 20 heavy (non-hydrogen) atoms. The predicted octanol–water partition coefficient (Wildman–Crippen LogP) is 1.07. The average molecular weight is 301 g/mol. The molecule has 1 rings (SSSR count). The zero-order valence-electron chi connectivity index (χ0n) is 11.4. The first-order chi connectivity index (χ1) is 9.26. The number of aromatic carboxylic acids is 1. The summed E-state index contributed by atoms with van der Waals surface area (Å²) in [5.41, 5.74) is 0.0184. The monoisotopic (exact) mass is 301 g/mol. The molecule has 1 aromatic rings. The van der Waals surface area contributed by atoms with E-state index in [4.69, 9.17) is 5.11 Å². The lowest BCUT2D eigenvalue weighted by molar-refractivity contribution is 0.0696. The standard InChI is InChI=1S/C13H19NO5S/c1-9(2)7-11(8-15)14-20(18,19)12-5-3-10(4-6-12)13(16)17/h3-6,9,11,14-15H,7-8H2,1-2H3,(H,16,17). The highest BCUT2D eigenvalue weighted by Crippen LogP contribution is 2.13. The number of sulfonamides is 1. The van der Waals surface area contributed by atoms with Crippen LogP contribution in [0.1, 0.15) is 30.6 Å². The maximum absolute atomic E-state index is 12.1. The number of hydrogen-bond acceptors (Lipinski definition) is 4. The fraction of sp³-hybridized carbons (Fsp3) is 0.462. The van der Waals surface area contributed by atoms with Crippen LogP contribution in [0.15, 0.2) is 29.2 Å². The Labute approximate surface area is 118 Å². The van der Waals surface area contributed by atoms with E-state index in [-0.39, 0.29) is 23.0 Å². The highest BCUT2D eigenvalue weighted by atomic mass is 32.2.